The fourth-order valence-corrected chi connectivity index (χ4v) is 1.84. The number of carboxylic acids is 1. The van der Waals surface area contributed by atoms with Crippen LogP contribution in [0.1, 0.15) is 11.1 Å². The van der Waals surface area contributed by atoms with Crippen molar-refractivity contribution in [1.29, 1.82) is 0 Å². The van der Waals surface area contributed by atoms with Crippen LogP contribution < -0.4 is 4.74 Å². The molecule has 21 heavy (non-hydrogen) atoms. The molecule has 0 heterocycles. The summed E-state index contributed by atoms with van der Waals surface area (Å²) in [7, 11) is 0. The molecule has 0 aliphatic carbocycles. The first-order chi connectivity index (χ1) is 10.1. The molecule has 2 aromatic carbocycles. The molecule has 0 unspecified atom stereocenters. The molecule has 2 aromatic rings. The summed E-state index contributed by atoms with van der Waals surface area (Å²) < 4.78 is 29.1. The van der Waals surface area contributed by atoms with Gasteiger partial charge >= 0.3 is 12.6 Å². The van der Waals surface area contributed by atoms with Gasteiger partial charge in [-0.1, -0.05) is 48.5 Å². The summed E-state index contributed by atoms with van der Waals surface area (Å²) >= 11 is 0. The number of para-hydroxylation sites is 1. The molecular formula is C16H12F2O3. The first-order valence-electron chi connectivity index (χ1n) is 6.12. The van der Waals surface area contributed by atoms with Crippen molar-refractivity contribution in [1.82, 2.24) is 0 Å². The SMILES string of the molecule is O=C(O)/C(=C\c1ccccc1OC(F)F)c1ccccc1. The number of halogens is 2. The molecule has 0 amide bonds. The zero-order chi connectivity index (χ0) is 15.2. The van der Waals surface area contributed by atoms with E-state index in [0.717, 1.165) is 0 Å². The number of ether oxygens (including phenoxy) is 1. The number of benzene rings is 2. The topological polar surface area (TPSA) is 46.5 Å². The second kappa shape index (κ2) is 6.65. The molecule has 0 radical (unpaired) electrons. The zero-order valence-corrected chi connectivity index (χ0v) is 10.9. The van der Waals surface area contributed by atoms with Crippen LogP contribution in [0.3, 0.4) is 0 Å². The Morgan fingerprint density at radius 2 is 1.67 bits per heavy atom. The maximum Gasteiger partial charge on any atom is 0.387 e. The van der Waals surface area contributed by atoms with Crippen molar-refractivity contribution >= 4 is 17.6 Å². The average Bonchev–Trinajstić information content (AvgIpc) is 2.46. The van der Waals surface area contributed by atoms with Crippen LogP contribution in [0.15, 0.2) is 54.6 Å². The van der Waals surface area contributed by atoms with Crippen molar-refractivity contribution in [2.24, 2.45) is 0 Å². The van der Waals surface area contributed by atoms with Crippen LogP contribution in [0, 0.1) is 0 Å². The van der Waals surface area contributed by atoms with Crippen molar-refractivity contribution in [3.05, 3.63) is 65.7 Å². The smallest absolute Gasteiger partial charge is 0.387 e. The summed E-state index contributed by atoms with van der Waals surface area (Å²) in [6.45, 7) is -2.97. The van der Waals surface area contributed by atoms with Crippen LogP contribution in [-0.4, -0.2) is 17.7 Å². The van der Waals surface area contributed by atoms with Gasteiger partial charge in [0.1, 0.15) is 5.75 Å². The summed E-state index contributed by atoms with van der Waals surface area (Å²) in [5.41, 5.74) is 0.761. The van der Waals surface area contributed by atoms with Gasteiger partial charge in [-0.15, -0.1) is 0 Å². The third-order valence-electron chi connectivity index (χ3n) is 2.75. The van der Waals surface area contributed by atoms with Gasteiger partial charge in [-0.2, -0.15) is 8.78 Å². The Labute approximate surface area is 120 Å². The summed E-state index contributed by atoms with van der Waals surface area (Å²) in [4.78, 5) is 11.4. The van der Waals surface area contributed by atoms with Gasteiger partial charge in [0, 0.05) is 5.56 Å². The Morgan fingerprint density at radius 1 is 1.05 bits per heavy atom. The molecule has 2 rings (SSSR count). The van der Waals surface area contributed by atoms with Crippen LogP contribution in [0.2, 0.25) is 0 Å². The van der Waals surface area contributed by atoms with E-state index in [-0.39, 0.29) is 16.9 Å². The van der Waals surface area contributed by atoms with Gasteiger partial charge in [0.2, 0.25) is 0 Å². The van der Waals surface area contributed by atoms with E-state index in [4.69, 9.17) is 0 Å². The Kier molecular flexibility index (Phi) is 4.66. The van der Waals surface area contributed by atoms with Crippen LogP contribution in [0.25, 0.3) is 11.6 Å². The zero-order valence-electron chi connectivity index (χ0n) is 10.9. The van der Waals surface area contributed by atoms with Crippen molar-refractivity contribution in [2.75, 3.05) is 0 Å². The molecular weight excluding hydrogens is 278 g/mol. The minimum Gasteiger partial charge on any atom is -0.478 e. The highest BCUT2D eigenvalue weighted by molar-refractivity contribution is 6.20. The normalized spacial score (nSPS) is 11.5. The first kappa shape index (κ1) is 14.7. The summed E-state index contributed by atoms with van der Waals surface area (Å²) in [6, 6.07) is 14.5. The number of carbonyl (C=O) groups is 1. The quantitative estimate of drug-likeness (QED) is 0.670. The predicted octanol–water partition coefficient (Wildman–Crippen LogP) is 3.91. The Hall–Kier alpha value is -2.69. The van der Waals surface area contributed by atoms with E-state index < -0.39 is 12.6 Å². The number of rotatable bonds is 5. The molecule has 0 aromatic heterocycles. The lowest BCUT2D eigenvalue weighted by Crippen LogP contribution is -2.04. The maximum absolute atomic E-state index is 12.4. The lowest BCUT2D eigenvalue weighted by Gasteiger charge is -2.09. The van der Waals surface area contributed by atoms with Gasteiger partial charge in [0.25, 0.3) is 0 Å². The number of aliphatic carboxylic acids is 1. The molecule has 3 nitrogen and oxygen atoms in total. The van der Waals surface area contributed by atoms with E-state index in [1.807, 2.05) is 0 Å². The fourth-order valence-electron chi connectivity index (χ4n) is 1.84. The van der Waals surface area contributed by atoms with Crippen LogP contribution in [0.4, 0.5) is 8.78 Å². The van der Waals surface area contributed by atoms with E-state index in [1.54, 1.807) is 36.4 Å². The maximum atomic E-state index is 12.4. The number of carboxylic acid groups (broad SMARTS) is 1. The molecule has 0 bridgehead atoms. The van der Waals surface area contributed by atoms with E-state index in [2.05, 4.69) is 4.74 Å². The standard InChI is InChI=1S/C16H12F2O3/c17-16(18)21-14-9-5-4-8-12(14)10-13(15(19)20)11-6-2-1-3-7-11/h1-10,16H,(H,19,20)/b13-10-. The summed E-state index contributed by atoms with van der Waals surface area (Å²) in [5, 5.41) is 9.30. The van der Waals surface area contributed by atoms with Gasteiger partial charge in [-0.25, -0.2) is 4.79 Å². The summed E-state index contributed by atoms with van der Waals surface area (Å²) in [6.07, 6.45) is 1.31. The van der Waals surface area contributed by atoms with Crippen LogP contribution in [0.5, 0.6) is 5.75 Å². The molecule has 0 fully saturated rings. The van der Waals surface area contributed by atoms with Gasteiger partial charge in [-0.3, -0.25) is 0 Å². The van der Waals surface area contributed by atoms with E-state index in [0.29, 0.717) is 5.56 Å². The Balaban J connectivity index is 2.47. The molecule has 108 valence electrons. The third kappa shape index (κ3) is 3.89. The molecule has 0 aliphatic rings. The Bertz CT molecular complexity index is 652. The highest BCUT2D eigenvalue weighted by Crippen LogP contribution is 2.26. The number of hydrogen-bond donors (Lipinski definition) is 1. The monoisotopic (exact) mass is 290 g/mol. The lowest BCUT2D eigenvalue weighted by atomic mass is 10.0. The average molecular weight is 290 g/mol. The molecule has 5 heteroatoms. The highest BCUT2D eigenvalue weighted by Gasteiger charge is 2.13. The van der Waals surface area contributed by atoms with Gasteiger partial charge in [0.15, 0.2) is 0 Å². The minimum atomic E-state index is -2.97. The molecule has 1 N–H and O–H groups in total. The predicted molar refractivity (Wildman–Crippen MR) is 75.0 cm³/mol. The molecule has 0 atom stereocenters. The molecule has 0 saturated carbocycles. The lowest BCUT2D eigenvalue weighted by molar-refractivity contribution is -0.130. The van der Waals surface area contributed by atoms with Crippen molar-refractivity contribution < 1.29 is 23.4 Å². The van der Waals surface area contributed by atoms with Crippen molar-refractivity contribution in [3.63, 3.8) is 0 Å². The Morgan fingerprint density at radius 3 is 2.29 bits per heavy atom. The second-order valence-electron chi connectivity index (χ2n) is 4.15. The highest BCUT2D eigenvalue weighted by atomic mass is 19.3. The van der Waals surface area contributed by atoms with Crippen molar-refractivity contribution in [2.45, 2.75) is 6.61 Å². The number of alkyl halides is 2. The van der Waals surface area contributed by atoms with Gasteiger partial charge < -0.3 is 9.84 Å². The summed E-state index contributed by atoms with van der Waals surface area (Å²) in [5.74, 6) is -1.21. The van der Waals surface area contributed by atoms with Crippen molar-refractivity contribution in [3.8, 4) is 5.75 Å². The van der Waals surface area contributed by atoms with Crippen LogP contribution in [-0.2, 0) is 4.79 Å². The molecule has 0 saturated heterocycles. The van der Waals surface area contributed by atoms with E-state index in [9.17, 15) is 18.7 Å². The third-order valence-corrected chi connectivity index (χ3v) is 2.75. The number of hydrogen-bond acceptors (Lipinski definition) is 2. The first-order valence-corrected chi connectivity index (χ1v) is 6.12. The minimum absolute atomic E-state index is 0.000848. The largest absolute Gasteiger partial charge is 0.478 e. The molecule has 0 spiro atoms. The fraction of sp³-hybridized carbons (Fsp3) is 0.0625. The van der Waals surface area contributed by atoms with Crippen LogP contribution >= 0.6 is 0 Å². The van der Waals surface area contributed by atoms with E-state index in [1.165, 1.54) is 24.3 Å². The second-order valence-corrected chi connectivity index (χ2v) is 4.15. The van der Waals surface area contributed by atoms with Gasteiger partial charge in [0.05, 0.1) is 5.57 Å². The molecule has 0 aliphatic heterocycles. The van der Waals surface area contributed by atoms with Gasteiger partial charge in [-0.05, 0) is 17.7 Å². The van der Waals surface area contributed by atoms with E-state index >= 15 is 0 Å².